The molecule has 0 aliphatic carbocycles. The van der Waals surface area contributed by atoms with Crippen LogP contribution in [0.2, 0.25) is 0 Å². The molecule has 1 aliphatic rings. The van der Waals surface area contributed by atoms with Gasteiger partial charge in [0.25, 0.3) is 0 Å². The molecule has 0 unspecified atom stereocenters. The molecular weight excluding hydrogens is 210 g/mol. The third kappa shape index (κ3) is 1.67. The minimum atomic E-state index is 0.937. The lowest BCUT2D eigenvalue weighted by Crippen LogP contribution is -2.24. The van der Waals surface area contributed by atoms with Gasteiger partial charge in [-0.15, -0.1) is 0 Å². The summed E-state index contributed by atoms with van der Waals surface area (Å²) in [5, 5.41) is 8.13. The van der Waals surface area contributed by atoms with Crippen LogP contribution in [0.25, 0.3) is 11.3 Å². The second kappa shape index (κ2) is 4.00. The monoisotopic (exact) mass is 227 g/mol. The summed E-state index contributed by atoms with van der Waals surface area (Å²) in [5.41, 5.74) is 6.44. The van der Waals surface area contributed by atoms with Gasteiger partial charge in [0.15, 0.2) is 0 Å². The summed E-state index contributed by atoms with van der Waals surface area (Å²) in [6.07, 6.45) is 1.07. The van der Waals surface area contributed by atoms with Crippen molar-refractivity contribution in [2.75, 3.05) is 6.54 Å². The molecule has 1 aromatic heterocycles. The Morgan fingerprint density at radius 3 is 2.94 bits per heavy atom. The van der Waals surface area contributed by atoms with E-state index in [1.807, 2.05) is 11.7 Å². The van der Waals surface area contributed by atoms with Crippen LogP contribution in [0.1, 0.15) is 16.8 Å². The zero-order valence-corrected chi connectivity index (χ0v) is 10.3. The minimum absolute atomic E-state index is 0.937. The van der Waals surface area contributed by atoms with Crippen molar-refractivity contribution in [1.29, 1.82) is 0 Å². The first-order valence-corrected chi connectivity index (χ1v) is 6.09. The largest absolute Gasteiger partial charge is 0.312 e. The van der Waals surface area contributed by atoms with E-state index < -0.39 is 0 Å². The number of nitrogens with zero attached hydrogens (tertiary/aromatic N) is 2. The highest BCUT2D eigenvalue weighted by Gasteiger charge is 2.20. The first kappa shape index (κ1) is 10.5. The predicted octanol–water partition coefficient (Wildman–Crippen LogP) is 2.04. The molecule has 88 valence electrons. The molecule has 3 rings (SSSR count). The Kier molecular flexibility index (Phi) is 2.48. The average Bonchev–Trinajstić information content (AvgIpc) is 2.68. The van der Waals surface area contributed by atoms with E-state index in [1.54, 1.807) is 0 Å². The number of hydrogen-bond acceptors (Lipinski definition) is 2. The maximum Gasteiger partial charge on any atom is 0.0973 e. The maximum absolute atomic E-state index is 4.70. The summed E-state index contributed by atoms with van der Waals surface area (Å²) in [6.45, 7) is 4.14. The van der Waals surface area contributed by atoms with Crippen LogP contribution in [0, 0.1) is 6.92 Å². The quantitative estimate of drug-likeness (QED) is 0.808. The molecule has 1 aromatic carbocycles. The zero-order valence-electron chi connectivity index (χ0n) is 10.3. The third-order valence-electron chi connectivity index (χ3n) is 3.52. The van der Waals surface area contributed by atoms with Gasteiger partial charge in [0.05, 0.1) is 5.69 Å². The number of benzene rings is 1. The van der Waals surface area contributed by atoms with E-state index in [-0.39, 0.29) is 0 Å². The van der Waals surface area contributed by atoms with Gasteiger partial charge in [0.2, 0.25) is 0 Å². The van der Waals surface area contributed by atoms with E-state index in [0.717, 1.165) is 25.2 Å². The van der Waals surface area contributed by atoms with Crippen LogP contribution in [0.15, 0.2) is 24.3 Å². The highest BCUT2D eigenvalue weighted by atomic mass is 15.3. The van der Waals surface area contributed by atoms with Crippen LogP contribution in [-0.4, -0.2) is 16.3 Å². The molecule has 3 heteroatoms. The molecule has 0 saturated heterocycles. The van der Waals surface area contributed by atoms with Crippen LogP contribution < -0.4 is 5.32 Å². The summed E-state index contributed by atoms with van der Waals surface area (Å²) >= 11 is 0. The Morgan fingerprint density at radius 1 is 1.29 bits per heavy atom. The molecule has 1 aliphatic heterocycles. The third-order valence-corrected chi connectivity index (χ3v) is 3.52. The molecule has 0 spiro atoms. The average molecular weight is 227 g/mol. The first-order valence-electron chi connectivity index (χ1n) is 6.09. The normalized spacial score (nSPS) is 14.7. The number of aryl methyl sites for hydroxylation is 2. The second-order valence-electron chi connectivity index (χ2n) is 4.64. The van der Waals surface area contributed by atoms with E-state index in [9.17, 15) is 0 Å². The van der Waals surface area contributed by atoms with Gasteiger partial charge in [0, 0.05) is 43.4 Å². The minimum Gasteiger partial charge on any atom is -0.312 e. The molecule has 0 saturated carbocycles. The molecule has 2 heterocycles. The van der Waals surface area contributed by atoms with Gasteiger partial charge in [-0.05, 0) is 12.5 Å². The van der Waals surface area contributed by atoms with Gasteiger partial charge in [-0.2, -0.15) is 5.10 Å². The number of rotatable bonds is 1. The maximum atomic E-state index is 4.70. The molecule has 1 N–H and O–H groups in total. The van der Waals surface area contributed by atoms with Gasteiger partial charge < -0.3 is 5.32 Å². The van der Waals surface area contributed by atoms with Crippen LogP contribution in [0.4, 0.5) is 0 Å². The number of hydrogen-bond donors (Lipinski definition) is 1. The van der Waals surface area contributed by atoms with Crippen LogP contribution in [0.5, 0.6) is 0 Å². The van der Waals surface area contributed by atoms with E-state index in [0.29, 0.717) is 0 Å². The molecule has 3 nitrogen and oxygen atoms in total. The highest BCUT2D eigenvalue weighted by Crippen LogP contribution is 2.29. The summed E-state index contributed by atoms with van der Waals surface area (Å²) in [6, 6.07) is 8.46. The van der Waals surface area contributed by atoms with Gasteiger partial charge in [-0.1, -0.05) is 24.3 Å². The highest BCUT2D eigenvalue weighted by molar-refractivity contribution is 5.67. The lowest BCUT2D eigenvalue weighted by atomic mass is 9.99. The Bertz CT molecular complexity index is 555. The predicted molar refractivity (Wildman–Crippen MR) is 68.8 cm³/mol. The standard InChI is InChI=1S/C14H17N3/c1-10-5-3-4-6-11(10)14-12-9-15-8-7-13(12)17(2)16-14/h3-6,15H,7-9H2,1-2H3. The summed E-state index contributed by atoms with van der Waals surface area (Å²) in [4.78, 5) is 0. The van der Waals surface area contributed by atoms with E-state index in [1.165, 1.54) is 22.4 Å². The van der Waals surface area contributed by atoms with Gasteiger partial charge in [-0.25, -0.2) is 0 Å². The Labute approximate surface area is 101 Å². The van der Waals surface area contributed by atoms with Crippen molar-refractivity contribution in [3.8, 4) is 11.3 Å². The zero-order chi connectivity index (χ0) is 11.8. The second-order valence-corrected chi connectivity index (χ2v) is 4.64. The molecule has 0 radical (unpaired) electrons. The van der Waals surface area contributed by atoms with Crippen molar-refractivity contribution >= 4 is 0 Å². The number of nitrogens with one attached hydrogen (secondary N) is 1. The summed E-state index contributed by atoms with van der Waals surface area (Å²) < 4.78 is 2.04. The van der Waals surface area contributed by atoms with Crippen molar-refractivity contribution in [1.82, 2.24) is 15.1 Å². The van der Waals surface area contributed by atoms with Crippen molar-refractivity contribution in [2.24, 2.45) is 7.05 Å². The first-order chi connectivity index (χ1) is 8.27. The van der Waals surface area contributed by atoms with Crippen molar-refractivity contribution in [2.45, 2.75) is 19.9 Å². The van der Waals surface area contributed by atoms with Crippen molar-refractivity contribution < 1.29 is 0 Å². The fourth-order valence-electron chi connectivity index (χ4n) is 2.58. The molecule has 0 bridgehead atoms. The summed E-state index contributed by atoms with van der Waals surface area (Å²) in [7, 11) is 2.05. The Hall–Kier alpha value is -1.61. The number of aromatic nitrogens is 2. The van der Waals surface area contributed by atoms with E-state index >= 15 is 0 Å². The van der Waals surface area contributed by atoms with Gasteiger partial charge in [0.1, 0.15) is 0 Å². The topological polar surface area (TPSA) is 29.9 Å². The fraction of sp³-hybridized carbons (Fsp3) is 0.357. The smallest absolute Gasteiger partial charge is 0.0973 e. The molecule has 0 atom stereocenters. The van der Waals surface area contributed by atoms with E-state index in [4.69, 9.17) is 5.10 Å². The molecule has 0 fully saturated rings. The van der Waals surface area contributed by atoms with Crippen LogP contribution >= 0.6 is 0 Å². The lowest BCUT2D eigenvalue weighted by molar-refractivity contribution is 0.604. The van der Waals surface area contributed by atoms with Crippen molar-refractivity contribution in [3.63, 3.8) is 0 Å². The lowest BCUT2D eigenvalue weighted by Gasteiger charge is -2.14. The van der Waals surface area contributed by atoms with Crippen LogP contribution in [0.3, 0.4) is 0 Å². The molecule has 0 amide bonds. The molecular formula is C14H17N3. The fourth-order valence-corrected chi connectivity index (χ4v) is 2.58. The molecule has 2 aromatic rings. The number of fused-ring (bicyclic) bond motifs is 1. The van der Waals surface area contributed by atoms with Crippen molar-refractivity contribution in [3.05, 3.63) is 41.1 Å². The van der Waals surface area contributed by atoms with Crippen LogP contribution in [-0.2, 0) is 20.0 Å². The van der Waals surface area contributed by atoms with Gasteiger partial charge >= 0.3 is 0 Å². The SMILES string of the molecule is Cc1ccccc1-c1nn(C)c2c1CNCC2. The van der Waals surface area contributed by atoms with Gasteiger partial charge in [-0.3, -0.25) is 4.68 Å². The Morgan fingerprint density at radius 2 is 2.12 bits per heavy atom. The molecule has 17 heavy (non-hydrogen) atoms. The van der Waals surface area contributed by atoms with E-state index in [2.05, 4.69) is 36.5 Å². The summed E-state index contributed by atoms with van der Waals surface area (Å²) in [5.74, 6) is 0. The Balaban J connectivity index is 2.19.